The summed E-state index contributed by atoms with van der Waals surface area (Å²) in [5.41, 5.74) is 3.52. The van der Waals surface area contributed by atoms with Gasteiger partial charge in [0.2, 0.25) is 0 Å². The molecule has 0 heterocycles. The molecule has 0 amide bonds. The van der Waals surface area contributed by atoms with Crippen molar-refractivity contribution in [3.63, 3.8) is 0 Å². The van der Waals surface area contributed by atoms with Crippen molar-refractivity contribution >= 4 is 0 Å². The minimum Gasteiger partial charge on any atom is -0.0991 e. The summed E-state index contributed by atoms with van der Waals surface area (Å²) >= 11 is 0. The van der Waals surface area contributed by atoms with Gasteiger partial charge in [-0.25, -0.2) is 0 Å². The molecule has 0 saturated carbocycles. The molecule has 0 N–H and O–H groups in total. The zero-order chi connectivity index (χ0) is 22.8. The van der Waals surface area contributed by atoms with Crippen molar-refractivity contribution in [2.45, 2.75) is 62.3 Å². The summed E-state index contributed by atoms with van der Waals surface area (Å²) in [6.45, 7) is 29.6. The van der Waals surface area contributed by atoms with E-state index in [0.717, 1.165) is 5.57 Å². The molecule has 0 aliphatic carbocycles. The van der Waals surface area contributed by atoms with Gasteiger partial charge < -0.3 is 0 Å². The lowest BCUT2D eigenvalue weighted by atomic mass is 9.82. The largest absolute Gasteiger partial charge is 0.0991 e. The Morgan fingerprint density at radius 3 is 1.54 bits per heavy atom. The van der Waals surface area contributed by atoms with E-state index >= 15 is 0 Å². The van der Waals surface area contributed by atoms with E-state index in [1.54, 1.807) is 6.08 Å². The van der Waals surface area contributed by atoms with Crippen LogP contribution in [-0.2, 0) is 0 Å². The zero-order valence-electron chi connectivity index (χ0n) is 20.1. The summed E-state index contributed by atoms with van der Waals surface area (Å²) in [7, 11) is 0. The van der Waals surface area contributed by atoms with Gasteiger partial charge >= 0.3 is 0 Å². The summed E-state index contributed by atoms with van der Waals surface area (Å²) in [4.78, 5) is 0. The highest BCUT2D eigenvalue weighted by Gasteiger charge is 2.17. The average molecular weight is 383 g/mol. The number of hydrogen-bond acceptors (Lipinski definition) is 0. The van der Waals surface area contributed by atoms with Crippen molar-refractivity contribution in [3.8, 4) is 0 Å². The van der Waals surface area contributed by atoms with E-state index in [9.17, 15) is 0 Å². The molecular weight excluding hydrogens is 336 g/mol. The Kier molecular flexibility index (Phi) is 35.0. The van der Waals surface area contributed by atoms with Crippen molar-refractivity contribution < 1.29 is 0 Å². The lowest BCUT2D eigenvalue weighted by molar-refractivity contribution is 0.902. The van der Waals surface area contributed by atoms with Gasteiger partial charge in [-0.05, 0) is 37.5 Å². The van der Waals surface area contributed by atoms with Crippen molar-refractivity contribution in [3.05, 3.63) is 109 Å². The van der Waals surface area contributed by atoms with Crippen molar-refractivity contribution in [2.75, 3.05) is 0 Å². The van der Waals surface area contributed by atoms with Crippen LogP contribution in [0.4, 0.5) is 0 Å². The third-order valence-corrected chi connectivity index (χ3v) is 3.14. The predicted molar refractivity (Wildman–Crippen MR) is 137 cm³/mol. The molecule has 0 aromatic heterocycles. The highest BCUT2D eigenvalue weighted by atomic mass is 14.2. The standard InChI is InChI=1S/C22H28.3C2H6/c1-7-13-17-19(11-5)22(20(12-6)18-14-8-2)21(15-9-3)16-10-4;3*1-2/h7-18,22H,1,3,6H2,2,4-5H3;3*1-2H3/b14-8-,16-10-,17-13-,19-11+,20-18+,21-15+;;;. The van der Waals surface area contributed by atoms with Gasteiger partial charge in [0.05, 0.1) is 0 Å². The highest BCUT2D eigenvalue weighted by molar-refractivity contribution is 5.47. The first kappa shape index (κ1) is 33.3. The highest BCUT2D eigenvalue weighted by Crippen LogP contribution is 2.31. The molecule has 0 aromatic rings. The molecule has 0 aromatic carbocycles. The van der Waals surface area contributed by atoms with Gasteiger partial charge in [-0.1, -0.05) is 134 Å². The Balaban J connectivity index is -0.000000434. The lowest BCUT2D eigenvalue weighted by Gasteiger charge is -2.21. The van der Waals surface area contributed by atoms with Crippen LogP contribution < -0.4 is 0 Å². The van der Waals surface area contributed by atoms with Crippen LogP contribution in [0.1, 0.15) is 62.3 Å². The van der Waals surface area contributed by atoms with E-state index < -0.39 is 0 Å². The smallest absolute Gasteiger partial charge is 0.0336 e. The van der Waals surface area contributed by atoms with Crippen LogP contribution in [0.2, 0.25) is 0 Å². The Hall–Kier alpha value is -2.34. The third kappa shape index (κ3) is 15.9. The lowest BCUT2D eigenvalue weighted by Crippen LogP contribution is -2.08. The molecule has 158 valence electrons. The maximum absolute atomic E-state index is 3.98. The van der Waals surface area contributed by atoms with E-state index in [0.29, 0.717) is 0 Å². The maximum Gasteiger partial charge on any atom is 0.0336 e. The molecule has 1 unspecified atom stereocenters. The number of allylic oxidation sites excluding steroid dienone is 15. The summed E-state index contributed by atoms with van der Waals surface area (Å²) in [6.07, 6.45) is 24.1. The monoisotopic (exact) mass is 382 g/mol. The fraction of sp³-hybridized carbons (Fsp3) is 0.357. The average Bonchev–Trinajstić information content (AvgIpc) is 2.77. The van der Waals surface area contributed by atoms with Crippen molar-refractivity contribution in [1.29, 1.82) is 0 Å². The zero-order valence-corrected chi connectivity index (χ0v) is 20.1. The van der Waals surface area contributed by atoms with Gasteiger partial charge in [0, 0.05) is 5.92 Å². The van der Waals surface area contributed by atoms with E-state index in [-0.39, 0.29) is 5.92 Å². The molecule has 0 rings (SSSR count). The SMILES string of the molecule is C=C/C=C\C(=C/C)C(/C(C=C)=C/C=C\C)C(/C=C\C)=C/C=C.CC.CC.CC. The van der Waals surface area contributed by atoms with Crippen LogP contribution in [0.15, 0.2) is 109 Å². The van der Waals surface area contributed by atoms with Gasteiger partial charge in [0.25, 0.3) is 0 Å². The van der Waals surface area contributed by atoms with E-state index in [4.69, 9.17) is 0 Å². The first-order valence-corrected chi connectivity index (χ1v) is 10.6. The molecule has 0 bridgehead atoms. The summed E-state index contributed by atoms with van der Waals surface area (Å²) < 4.78 is 0. The van der Waals surface area contributed by atoms with Gasteiger partial charge in [-0.3, -0.25) is 0 Å². The molecule has 0 aliphatic rings. The Morgan fingerprint density at radius 1 is 0.607 bits per heavy atom. The summed E-state index contributed by atoms with van der Waals surface area (Å²) in [5.74, 6) is 0.115. The Morgan fingerprint density at radius 2 is 1.18 bits per heavy atom. The first-order chi connectivity index (χ1) is 13.7. The van der Waals surface area contributed by atoms with Crippen LogP contribution in [0.3, 0.4) is 0 Å². The molecular formula is C28H46. The van der Waals surface area contributed by atoms with Crippen molar-refractivity contribution in [1.82, 2.24) is 0 Å². The van der Waals surface area contributed by atoms with Crippen LogP contribution in [0.5, 0.6) is 0 Å². The normalized spacial score (nSPS) is 13.0. The topological polar surface area (TPSA) is 0 Å². The van der Waals surface area contributed by atoms with E-state index in [2.05, 4.69) is 44.0 Å². The molecule has 0 spiro atoms. The van der Waals surface area contributed by atoms with Gasteiger partial charge in [-0.15, -0.1) is 0 Å². The van der Waals surface area contributed by atoms with Crippen molar-refractivity contribution in [2.24, 2.45) is 5.92 Å². The second-order valence-corrected chi connectivity index (χ2v) is 4.62. The second kappa shape index (κ2) is 29.4. The fourth-order valence-corrected chi connectivity index (χ4v) is 2.18. The van der Waals surface area contributed by atoms with Gasteiger partial charge in [-0.2, -0.15) is 0 Å². The van der Waals surface area contributed by atoms with E-state index in [1.165, 1.54) is 11.1 Å². The predicted octanol–water partition coefficient (Wildman–Crippen LogP) is 9.75. The molecule has 1 atom stereocenters. The molecule has 0 fully saturated rings. The third-order valence-electron chi connectivity index (χ3n) is 3.14. The number of hydrogen-bond donors (Lipinski definition) is 0. The quantitative estimate of drug-likeness (QED) is 0.348. The molecule has 0 nitrogen and oxygen atoms in total. The molecule has 0 saturated heterocycles. The number of rotatable bonds is 9. The first-order valence-electron chi connectivity index (χ1n) is 10.6. The van der Waals surface area contributed by atoms with Crippen LogP contribution in [0, 0.1) is 5.92 Å². The van der Waals surface area contributed by atoms with Crippen LogP contribution in [-0.4, -0.2) is 0 Å². The maximum atomic E-state index is 3.98. The minimum atomic E-state index is 0.115. The summed E-state index contributed by atoms with van der Waals surface area (Å²) in [6, 6.07) is 0. The molecule has 0 heteroatoms. The molecule has 28 heavy (non-hydrogen) atoms. The molecule has 0 aliphatic heterocycles. The molecule has 0 radical (unpaired) electrons. The van der Waals surface area contributed by atoms with Gasteiger partial charge in [0.15, 0.2) is 0 Å². The Bertz CT molecular complexity index is 543. The fourth-order valence-electron chi connectivity index (χ4n) is 2.18. The van der Waals surface area contributed by atoms with Crippen LogP contribution in [0.25, 0.3) is 0 Å². The minimum absolute atomic E-state index is 0.115. The van der Waals surface area contributed by atoms with Gasteiger partial charge in [0.1, 0.15) is 0 Å². The second-order valence-electron chi connectivity index (χ2n) is 4.62. The van der Waals surface area contributed by atoms with E-state index in [1.807, 2.05) is 105 Å². The Labute approximate surface area is 177 Å². The van der Waals surface area contributed by atoms with Crippen LogP contribution >= 0.6 is 0 Å². The summed E-state index contributed by atoms with van der Waals surface area (Å²) in [5, 5.41) is 0.